The van der Waals surface area contributed by atoms with Crippen molar-refractivity contribution in [3.63, 3.8) is 0 Å². The van der Waals surface area contributed by atoms with Gasteiger partial charge < -0.3 is 5.73 Å². The van der Waals surface area contributed by atoms with Crippen molar-refractivity contribution in [2.45, 2.75) is 18.4 Å². The van der Waals surface area contributed by atoms with Crippen LogP contribution in [0.25, 0.3) is 0 Å². The van der Waals surface area contributed by atoms with Crippen LogP contribution in [-0.2, 0) is 0 Å². The number of nitrogens with two attached hydrogens (primary N) is 1. The van der Waals surface area contributed by atoms with Gasteiger partial charge >= 0.3 is 0 Å². The minimum absolute atomic E-state index is 0.106. The molecule has 3 heteroatoms. The average molecular weight is 284 g/mol. The Morgan fingerprint density at radius 1 is 1.14 bits per heavy atom. The maximum Gasteiger partial charge on any atom is 0.123 e. The SMILES string of the molecule is NCC(c1cccc(F)c1)N1CCC(c2ccccc2)C1. The van der Waals surface area contributed by atoms with E-state index in [9.17, 15) is 4.39 Å². The molecule has 2 aromatic carbocycles. The summed E-state index contributed by atoms with van der Waals surface area (Å²) >= 11 is 0. The monoisotopic (exact) mass is 284 g/mol. The zero-order valence-corrected chi connectivity index (χ0v) is 12.1. The number of likely N-dealkylation sites (tertiary alicyclic amines) is 1. The van der Waals surface area contributed by atoms with Crippen molar-refractivity contribution in [3.05, 3.63) is 71.5 Å². The van der Waals surface area contributed by atoms with Gasteiger partial charge in [-0.05, 0) is 42.1 Å². The predicted molar refractivity (Wildman–Crippen MR) is 83.6 cm³/mol. The largest absolute Gasteiger partial charge is 0.329 e. The Bertz CT molecular complexity index is 585. The summed E-state index contributed by atoms with van der Waals surface area (Å²) < 4.78 is 13.4. The van der Waals surface area contributed by atoms with Gasteiger partial charge in [0.05, 0.1) is 0 Å². The van der Waals surface area contributed by atoms with E-state index < -0.39 is 0 Å². The van der Waals surface area contributed by atoms with Crippen LogP contribution in [0.4, 0.5) is 4.39 Å². The van der Waals surface area contributed by atoms with Gasteiger partial charge in [0, 0.05) is 19.1 Å². The Hall–Kier alpha value is -1.71. The standard InChI is InChI=1S/C18H21FN2/c19-17-8-4-7-15(11-17)18(12-20)21-10-9-16(13-21)14-5-2-1-3-6-14/h1-8,11,16,18H,9-10,12-13,20H2. The molecule has 1 aliphatic heterocycles. The molecule has 1 aliphatic rings. The third-order valence-corrected chi connectivity index (χ3v) is 4.39. The zero-order valence-electron chi connectivity index (χ0n) is 12.1. The molecule has 1 saturated heterocycles. The molecule has 1 fully saturated rings. The van der Waals surface area contributed by atoms with Crippen molar-refractivity contribution >= 4 is 0 Å². The second kappa shape index (κ2) is 6.37. The van der Waals surface area contributed by atoms with Gasteiger partial charge in [-0.15, -0.1) is 0 Å². The molecule has 2 nitrogen and oxygen atoms in total. The lowest BCUT2D eigenvalue weighted by Gasteiger charge is -2.27. The van der Waals surface area contributed by atoms with Crippen molar-refractivity contribution in [1.82, 2.24) is 4.90 Å². The molecule has 2 N–H and O–H groups in total. The molecule has 0 aromatic heterocycles. The summed E-state index contributed by atoms with van der Waals surface area (Å²) in [5.41, 5.74) is 8.32. The maximum atomic E-state index is 13.4. The fraction of sp³-hybridized carbons (Fsp3) is 0.333. The molecule has 3 rings (SSSR count). The Morgan fingerprint density at radius 3 is 2.67 bits per heavy atom. The first kappa shape index (κ1) is 14.2. The summed E-state index contributed by atoms with van der Waals surface area (Å²) in [5, 5.41) is 0. The van der Waals surface area contributed by atoms with Crippen LogP contribution in [-0.4, -0.2) is 24.5 Å². The molecular formula is C18H21FN2. The summed E-state index contributed by atoms with van der Waals surface area (Å²) in [6, 6.07) is 17.5. The maximum absolute atomic E-state index is 13.4. The van der Waals surface area contributed by atoms with Crippen molar-refractivity contribution in [1.29, 1.82) is 0 Å². The molecule has 2 atom stereocenters. The smallest absolute Gasteiger partial charge is 0.123 e. The van der Waals surface area contributed by atoms with Gasteiger partial charge in [-0.3, -0.25) is 4.90 Å². The summed E-state index contributed by atoms with van der Waals surface area (Å²) in [6.07, 6.45) is 1.13. The second-order valence-corrected chi connectivity index (χ2v) is 5.70. The van der Waals surface area contributed by atoms with E-state index in [1.54, 1.807) is 12.1 Å². The predicted octanol–water partition coefficient (Wildman–Crippen LogP) is 3.32. The van der Waals surface area contributed by atoms with Crippen LogP contribution in [0.2, 0.25) is 0 Å². The van der Waals surface area contributed by atoms with Crippen molar-refractivity contribution < 1.29 is 4.39 Å². The fourth-order valence-electron chi connectivity index (χ4n) is 3.28. The van der Waals surface area contributed by atoms with Gasteiger partial charge in [-0.2, -0.15) is 0 Å². The first-order chi connectivity index (χ1) is 10.3. The minimum Gasteiger partial charge on any atom is -0.329 e. The van der Waals surface area contributed by atoms with Gasteiger partial charge in [0.1, 0.15) is 5.82 Å². The second-order valence-electron chi connectivity index (χ2n) is 5.70. The molecule has 1 heterocycles. The molecule has 0 spiro atoms. The van der Waals surface area contributed by atoms with Crippen LogP contribution in [0.15, 0.2) is 54.6 Å². The van der Waals surface area contributed by atoms with Crippen molar-refractivity contribution in [2.24, 2.45) is 5.73 Å². The molecule has 0 radical (unpaired) electrons. The number of hydrogen-bond donors (Lipinski definition) is 1. The van der Waals surface area contributed by atoms with Gasteiger partial charge in [0.15, 0.2) is 0 Å². The topological polar surface area (TPSA) is 29.3 Å². The molecule has 0 saturated carbocycles. The molecule has 110 valence electrons. The number of hydrogen-bond acceptors (Lipinski definition) is 2. The van der Waals surface area contributed by atoms with E-state index in [1.165, 1.54) is 11.6 Å². The van der Waals surface area contributed by atoms with Crippen molar-refractivity contribution in [3.8, 4) is 0 Å². The van der Waals surface area contributed by atoms with E-state index in [2.05, 4.69) is 29.2 Å². The Morgan fingerprint density at radius 2 is 1.95 bits per heavy atom. The van der Waals surface area contributed by atoms with E-state index in [0.717, 1.165) is 25.1 Å². The molecule has 2 unspecified atom stereocenters. The summed E-state index contributed by atoms with van der Waals surface area (Å²) in [4.78, 5) is 2.38. The Labute approximate surface area is 125 Å². The van der Waals surface area contributed by atoms with E-state index in [1.807, 2.05) is 12.1 Å². The summed E-state index contributed by atoms with van der Waals surface area (Å²) in [7, 11) is 0. The highest BCUT2D eigenvalue weighted by atomic mass is 19.1. The molecule has 0 bridgehead atoms. The van der Waals surface area contributed by atoms with Gasteiger partial charge in [-0.1, -0.05) is 42.5 Å². The molecular weight excluding hydrogens is 263 g/mol. The van der Waals surface area contributed by atoms with Crippen LogP contribution in [0.3, 0.4) is 0 Å². The number of halogens is 1. The lowest BCUT2D eigenvalue weighted by molar-refractivity contribution is 0.247. The summed E-state index contributed by atoms with van der Waals surface area (Å²) in [5.74, 6) is 0.360. The number of benzene rings is 2. The molecule has 0 aliphatic carbocycles. The fourth-order valence-corrected chi connectivity index (χ4v) is 3.28. The Balaban J connectivity index is 1.75. The first-order valence-electron chi connectivity index (χ1n) is 7.52. The quantitative estimate of drug-likeness (QED) is 0.933. The highest BCUT2D eigenvalue weighted by Crippen LogP contribution is 2.32. The van der Waals surface area contributed by atoms with E-state index in [0.29, 0.717) is 12.5 Å². The minimum atomic E-state index is -0.190. The van der Waals surface area contributed by atoms with Crippen LogP contribution < -0.4 is 5.73 Å². The third-order valence-electron chi connectivity index (χ3n) is 4.39. The van der Waals surface area contributed by atoms with Gasteiger partial charge in [-0.25, -0.2) is 4.39 Å². The highest BCUT2D eigenvalue weighted by Gasteiger charge is 2.29. The lowest BCUT2D eigenvalue weighted by Crippen LogP contribution is -2.32. The summed E-state index contributed by atoms with van der Waals surface area (Å²) in [6.45, 7) is 2.52. The normalized spacial score (nSPS) is 20.6. The van der Waals surface area contributed by atoms with E-state index in [4.69, 9.17) is 5.73 Å². The van der Waals surface area contributed by atoms with Crippen LogP contribution >= 0.6 is 0 Å². The van der Waals surface area contributed by atoms with E-state index in [-0.39, 0.29) is 11.9 Å². The zero-order chi connectivity index (χ0) is 14.7. The van der Waals surface area contributed by atoms with E-state index >= 15 is 0 Å². The van der Waals surface area contributed by atoms with Crippen LogP contribution in [0, 0.1) is 5.82 Å². The molecule has 2 aromatic rings. The van der Waals surface area contributed by atoms with Gasteiger partial charge in [0.25, 0.3) is 0 Å². The van der Waals surface area contributed by atoms with Crippen LogP contribution in [0.1, 0.15) is 29.5 Å². The first-order valence-corrected chi connectivity index (χ1v) is 7.52. The van der Waals surface area contributed by atoms with Crippen LogP contribution in [0.5, 0.6) is 0 Å². The lowest BCUT2D eigenvalue weighted by atomic mass is 9.98. The number of nitrogens with zero attached hydrogens (tertiary/aromatic N) is 1. The molecule has 21 heavy (non-hydrogen) atoms. The number of rotatable bonds is 4. The van der Waals surface area contributed by atoms with Crippen molar-refractivity contribution in [2.75, 3.05) is 19.6 Å². The highest BCUT2D eigenvalue weighted by molar-refractivity contribution is 5.24. The third kappa shape index (κ3) is 3.14. The Kier molecular flexibility index (Phi) is 4.32. The van der Waals surface area contributed by atoms with Gasteiger partial charge in [0.2, 0.25) is 0 Å². The average Bonchev–Trinajstić information content (AvgIpc) is 2.99. The molecule has 0 amide bonds.